The van der Waals surface area contributed by atoms with Gasteiger partial charge >= 0.3 is 5.97 Å². The number of nitrogens with two attached hydrogens (primary N) is 1. The Morgan fingerprint density at radius 2 is 2.56 bits per heavy atom. The predicted molar refractivity (Wildman–Crippen MR) is 32.8 cm³/mol. The molecule has 0 aromatic heterocycles. The highest BCUT2D eigenvalue weighted by molar-refractivity contribution is 5.77. The van der Waals surface area contributed by atoms with E-state index < -0.39 is 0 Å². The van der Waals surface area contributed by atoms with Gasteiger partial charge in [-0.3, -0.25) is 4.79 Å². The molecule has 0 spiro atoms. The fraction of sp³-hybridized carbons (Fsp3) is 0.833. The zero-order valence-corrected chi connectivity index (χ0v) is 5.46. The molecule has 2 N–H and O–H groups in total. The molecule has 2 atom stereocenters. The Morgan fingerprint density at radius 1 is 1.89 bits per heavy atom. The molecule has 1 heterocycles. The molecule has 1 saturated heterocycles. The van der Waals surface area contributed by atoms with Crippen molar-refractivity contribution in [1.29, 1.82) is 0 Å². The summed E-state index contributed by atoms with van der Waals surface area (Å²) in [6.07, 6.45) is 1.64. The van der Waals surface area contributed by atoms with E-state index in [1.807, 2.05) is 6.92 Å². The molecule has 1 aliphatic heterocycles. The molecule has 0 aromatic rings. The highest BCUT2D eigenvalue weighted by Crippen LogP contribution is 2.14. The summed E-state index contributed by atoms with van der Waals surface area (Å²) >= 11 is 0. The van der Waals surface area contributed by atoms with Crippen LogP contribution in [-0.4, -0.2) is 18.1 Å². The molecule has 3 nitrogen and oxygen atoms in total. The lowest BCUT2D eigenvalue weighted by molar-refractivity contribution is -0.142. The van der Waals surface area contributed by atoms with Gasteiger partial charge in [0.2, 0.25) is 0 Å². The van der Waals surface area contributed by atoms with E-state index in [0.29, 0.717) is 6.42 Å². The monoisotopic (exact) mass is 129 g/mol. The largest absolute Gasteiger partial charge is 0.461 e. The molecule has 9 heavy (non-hydrogen) atoms. The molecule has 0 aliphatic carbocycles. The highest BCUT2D eigenvalue weighted by Gasteiger charge is 2.29. The van der Waals surface area contributed by atoms with Crippen LogP contribution in [0.1, 0.15) is 19.8 Å². The van der Waals surface area contributed by atoms with Crippen LogP contribution in [0.3, 0.4) is 0 Å². The first-order valence-corrected chi connectivity index (χ1v) is 3.20. The third-order valence-electron chi connectivity index (χ3n) is 1.56. The van der Waals surface area contributed by atoms with E-state index in [4.69, 9.17) is 10.5 Å². The minimum Gasteiger partial charge on any atom is -0.461 e. The van der Waals surface area contributed by atoms with Crippen molar-refractivity contribution < 1.29 is 9.53 Å². The number of esters is 1. The number of cyclic esters (lactones) is 1. The third kappa shape index (κ3) is 1.21. The molecule has 1 aliphatic rings. The predicted octanol–water partition coefficient (Wildman–Crippen LogP) is 0.0392. The molecular weight excluding hydrogens is 118 g/mol. The van der Waals surface area contributed by atoms with Crippen molar-refractivity contribution in [3.05, 3.63) is 0 Å². The molecule has 52 valence electrons. The Hall–Kier alpha value is -0.570. The summed E-state index contributed by atoms with van der Waals surface area (Å²) in [5.74, 6) is -0.248. The van der Waals surface area contributed by atoms with Crippen LogP contribution >= 0.6 is 0 Å². The van der Waals surface area contributed by atoms with Crippen molar-refractivity contribution in [3.63, 3.8) is 0 Å². The summed E-state index contributed by atoms with van der Waals surface area (Å²) < 4.78 is 4.86. The van der Waals surface area contributed by atoms with Gasteiger partial charge in [-0.15, -0.1) is 0 Å². The van der Waals surface area contributed by atoms with Gasteiger partial charge in [0.05, 0.1) is 0 Å². The quantitative estimate of drug-likeness (QED) is 0.508. The second kappa shape index (κ2) is 2.35. The SMILES string of the molecule is CC[C@@H]1C[C@H](N)C(=O)O1. The molecule has 3 heteroatoms. The van der Waals surface area contributed by atoms with Crippen molar-refractivity contribution >= 4 is 5.97 Å². The van der Waals surface area contributed by atoms with Gasteiger partial charge in [0.1, 0.15) is 12.1 Å². The first-order chi connectivity index (χ1) is 4.24. The molecule has 1 rings (SSSR count). The minimum atomic E-state index is -0.366. The van der Waals surface area contributed by atoms with Gasteiger partial charge in [0.25, 0.3) is 0 Å². The lowest BCUT2D eigenvalue weighted by Gasteiger charge is -2.01. The van der Waals surface area contributed by atoms with Crippen molar-refractivity contribution in [1.82, 2.24) is 0 Å². The lowest BCUT2D eigenvalue weighted by atomic mass is 10.1. The number of ether oxygens (including phenoxy) is 1. The number of hydrogen-bond donors (Lipinski definition) is 1. The first kappa shape index (κ1) is 6.55. The maximum Gasteiger partial charge on any atom is 0.323 e. The number of hydrogen-bond acceptors (Lipinski definition) is 3. The Bertz CT molecular complexity index is 124. The molecule has 0 aromatic carbocycles. The Balaban J connectivity index is 2.44. The van der Waals surface area contributed by atoms with Crippen molar-refractivity contribution in [2.75, 3.05) is 0 Å². The van der Waals surface area contributed by atoms with Crippen LogP contribution in [0.2, 0.25) is 0 Å². The minimum absolute atomic E-state index is 0.0764. The molecule has 0 amide bonds. The van der Waals surface area contributed by atoms with Crippen LogP contribution in [0.15, 0.2) is 0 Å². The fourth-order valence-corrected chi connectivity index (χ4v) is 0.929. The van der Waals surface area contributed by atoms with E-state index in [2.05, 4.69) is 0 Å². The van der Waals surface area contributed by atoms with Gasteiger partial charge in [-0.1, -0.05) is 6.92 Å². The maximum atomic E-state index is 10.6. The lowest BCUT2D eigenvalue weighted by Crippen LogP contribution is -2.24. The topological polar surface area (TPSA) is 52.3 Å². The van der Waals surface area contributed by atoms with Gasteiger partial charge in [0.15, 0.2) is 0 Å². The number of carbonyl (C=O) groups is 1. The van der Waals surface area contributed by atoms with E-state index in [1.54, 1.807) is 0 Å². The molecule has 0 radical (unpaired) electrons. The summed E-state index contributed by atoms with van der Waals surface area (Å²) in [5.41, 5.74) is 5.37. The van der Waals surface area contributed by atoms with Crippen LogP contribution in [0.4, 0.5) is 0 Å². The molecule has 0 bridgehead atoms. The van der Waals surface area contributed by atoms with Crippen LogP contribution < -0.4 is 5.73 Å². The summed E-state index contributed by atoms with van der Waals surface area (Å²) in [7, 11) is 0. The zero-order chi connectivity index (χ0) is 6.85. The summed E-state index contributed by atoms with van der Waals surface area (Å²) in [6, 6.07) is -0.366. The molecule has 0 saturated carbocycles. The summed E-state index contributed by atoms with van der Waals surface area (Å²) in [5, 5.41) is 0. The van der Waals surface area contributed by atoms with Gasteiger partial charge in [0, 0.05) is 6.42 Å². The van der Waals surface area contributed by atoms with Gasteiger partial charge in [-0.25, -0.2) is 0 Å². The maximum absolute atomic E-state index is 10.6. The van der Waals surface area contributed by atoms with Gasteiger partial charge in [-0.2, -0.15) is 0 Å². The van der Waals surface area contributed by atoms with Crippen LogP contribution in [0.5, 0.6) is 0 Å². The molecule has 0 unspecified atom stereocenters. The smallest absolute Gasteiger partial charge is 0.323 e. The Labute approximate surface area is 54.2 Å². The average Bonchev–Trinajstić information content (AvgIpc) is 2.13. The van der Waals surface area contributed by atoms with Crippen LogP contribution in [-0.2, 0) is 9.53 Å². The second-order valence-electron chi connectivity index (χ2n) is 2.31. The number of carbonyl (C=O) groups excluding carboxylic acids is 1. The van der Waals surface area contributed by atoms with Gasteiger partial charge in [-0.05, 0) is 6.42 Å². The summed E-state index contributed by atoms with van der Waals surface area (Å²) in [4.78, 5) is 10.6. The van der Waals surface area contributed by atoms with Crippen LogP contribution in [0.25, 0.3) is 0 Å². The zero-order valence-electron chi connectivity index (χ0n) is 5.46. The first-order valence-electron chi connectivity index (χ1n) is 3.20. The van der Waals surface area contributed by atoms with Gasteiger partial charge < -0.3 is 10.5 Å². The standard InChI is InChI=1S/C6H11NO2/c1-2-4-3-5(7)6(8)9-4/h4-5H,2-3,7H2,1H3/t4-,5+/m1/s1. The van der Waals surface area contributed by atoms with Crippen molar-refractivity contribution in [3.8, 4) is 0 Å². The van der Waals surface area contributed by atoms with E-state index in [1.165, 1.54) is 0 Å². The Kier molecular flexibility index (Phi) is 1.71. The second-order valence-corrected chi connectivity index (χ2v) is 2.31. The third-order valence-corrected chi connectivity index (χ3v) is 1.56. The molecule has 1 fully saturated rings. The normalized spacial score (nSPS) is 34.7. The average molecular weight is 129 g/mol. The van der Waals surface area contributed by atoms with E-state index in [0.717, 1.165) is 6.42 Å². The number of rotatable bonds is 1. The van der Waals surface area contributed by atoms with Crippen molar-refractivity contribution in [2.45, 2.75) is 31.9 Å². The van der Waals surface area contributed by atoms with Crippen LogP contribution in [0, 0.1) is 0 Å². The van der Waals surface area contributed by atoms with E-state index >= 15 is 0 Å². The van der Waals surface area contributed by atoms with E-state index in [-0.39, 0.29) is 18.1 Å². The Morgan fingerprint density at radius 3 is 2.78 bits per heavy atom. The van der Waals surface area contributed by atoms with Crippen molar-refractivity contribution in [2.24, 2.45) is 5.73 Å². The summed E-state index contributed by atoms with van der Waals surface area (Å²) in [6.45, 7) is 1.98. The highest BCUT2D eigenvalue weighted by atomic mass is 16.6. The van der Waals surface area contributed by atoms with E-state index in [9.17, 15) is 4.79 Å². The fourth-order valence-electron chi connectivity index (χ4n) is 0.929. The molecular formula is C6H11NO2.